The molecule has 0 aliphatic carbocycles. The van der Waals surface area contributed by atoms with Crippen LogP contribution in [0.2, 0.25) is 0 Å². The Bertz CT molecular complexity index is 774. The minimum Gasteiger partial charge on any atom is -0.496 e. The van der Waals surface area contributed by atoms with Crippen molar-refractivity contribution in [3.8, 4) is 5.75 Å². The smallest absolute Gasteiger partial charge is 0.341 e. The molecule has 2 rings (SSSR count). The average molecular weight is 487 g/mol. The molecule has 0 fully saturated rings. The number of hydrogen-bond donors (Lipinski definition) is 2. The molecule has 148 valence electrons. The maximum atomic E-state index is 11.6. The predicted octanol–water partition coefficient (Wildman–Crippen LogP) is 2.91. The fourth-order valence-corrected chi connectivity index (χ4v) is 2.56. The van der Waals surface area contributed by atoms with Crippen molar-refractivity contribution in [1.29, 1.82) is 0 Å². The van der Waals surface area contributed by atoms with E-state index in [9.17, 15) is 4.79 Å². The number of guanidine groups is 1. The second-order valence-electron chi connectivity index (χ2n) is 5.59. The molecule has 2 aromatic rings. The number of esters is 1. The van der Waals surface area contributed by atoms with E-state index in [2.05, 4.69) is 15.6 Å². The summed E-state index contributed by atoms with van der Waals surface area (Å²) in [5.74, 6) is 2.28. The summed E-state index contributed by atoms with van der Waals surface area (Å²) in [6.07, 6.45) is 0.803. The average Bonchev–Trinajstić information content (AvgIpc) is 3.04. The minimum atomic E-state index is -0.406. The molecule has 0 saturated carbocycles. The SMILES string of the molecule is CN=C(NCCc1ccccc1OC)NCc1cc(C(=O)OC)c(C)o1.I. The summed E-state index contributed by atoms with van der Waals surface area (Å²) in [4.78, 5) is 15.8. The fraction of sp³-hybridized carbons (Fsp3) is 0.368. The standard InChI is InChI=1S/C19H25N3O4.HI/c1-13-16(18(23)25-4)11-15(26-13)12-22-19(20-2)21-10-9-14-7-5-6-8-17(14)24-3;/h5-8,11H,9-10,12H2,1-4H3,(H2,20,21,22);1H. The first-order valence-electron chi connectivity index (χ1n) is 8.33. The number of rotatable bonds is 7. The van der Waals surface area contributed by atoms with Gasteiger partial charge in [0.1, 0.15) is 22.8 Å². The molecule has 8 heteroatoms. The molecule has 0 unspecified atom stereocenters. The molecule has 1 aromatic heterocycles. The topological polar surface area (TPSA) is 85.1 Å². The summed E-state index contributed by atoms with van der Waals surface area (Å²) in [6.45, 7) is 2.84. The summed E-state index contributed by atoms with van der Waals surface area (Å²) in [6, 6.07) is 9.60. The largest absolute Gasteiger partial charge is 0.496 e. The molecule has 0 radical (unpaired) electrons. The number of nitrogens with one attached hydrogen (secondary N) is 2. The first-order chi connectivity index (χ1) is 12.6. The number of nitrogens with zero attached hydrogens (tertiary/aromatic N) is 1. The van der Waals surface area contributed by atoms with Crippen molar-refractivity contribution in [1.82, 2.24) is 10.6 Å². The molecule has 7 nitrogen and oxygen atoms in total. The molecule has 0 aliphatic rings. The van der Waals surface area contributed by atoms with Gasteiger partial charge in [-0.15, -0.1) is 24.0 Å². The van der Waals surface area contributed by atoms with E-state index in [0.29, 0.717) is 36.1 Å². The molecule has 0 saturated heterocycles. The van der Waals surface area contributed by atoms with Gasteiger partial charge in [-0.25, -0.2) is 4.79 Å². The molecule has 0 amide bonds. The zero-order valence-electron chi connectivity index (χ0n) is 16.0. The van der Waals surface area contributed by atoms with E-state index < -0.39 is 5.97 Å². The summed E-state index contributed by atoms with van der Waals surface area (Å²) >= 11 is 0. The normalized spacial score (nSPS) is 10.7. The number of hydrogen-bond acceptors (Lipinski definition) is 5. The van der Waals surface area contributed by atoms with Crippen molar-refractivity contribution in [2.24, 2.45) is 4.99 Å². The van der Waals surface area contributed by atoms with Crippen LogP contribution in [-0.4, -0.2) is 39.7 Å². The molecule has 0 aliphatic heterocycles. The molecular formula is C19H26IN3O4. The zero-order valence-corrected chi connectivity index (χ0v) is 18.3. The third-order valence-corrected chi connectivity index (χ3v) is 3.91. The highest BCUT2D eigenvalue weighted by Crippen LogP contribution is 2.17. The van der Waals surface area contributed by atoms with E-state index in [4.69, 9.17) is 13.9 Å². The Labute approximate surface area is 176 Å². The lowest BCUT2D eigenvalue weighted by Gasteiger charge is -2.12. The number of halogens is 1. The third kappa shape index (κ3) is 6.46. The quantitative estimate of drug-likeness (QED) is 0.271. The Morgan fingerprint density at radius 2 is 1.96 bits per heavy atom. The van der Waals surface area contributed by atoms with Crippen LogP contribution in [0.25, 0.3) is 0 Å². The second kappa shape index (κ2) is 11.5. The first kappa shape index (κ1) is 22.8. The fourth-order valence-electron chi connectivity index (χ4n) is 2.56. The van der Waals surface area contributed by atoms with E-state index in [-0.39, 0.29) is 24.0 Å². The molecule has 0 atom stereocenters. The van der Waals surface area contributed by atoms with Crippen LogP contribution < -0.4 is 15.4 Å². The van der Waals surface area contributed by atoms with Crippen LogP contribution in [0.3, 0.4) is 0 Å². The third-order valence-electron chi connectivity index (χ3n) is 3.91. The number of aliphatic imine (C=N–C) groups is 1. The number of aryl methyl sites for hydroxylation is 1. The Kier molecular flexibility index (Phi) is 9.70. The summed E-state index contributed by atoms with van der Waals surface area (Å²) < 4.78 is 15.7. The van der Waals surface area contributed by atoms with Crippen molar-refractivity contribution < 1.29 is 18.7 Å². The maximum absolute atomic E-state index is 11.6. The minimum absolute atomic E-state index is 0. The summed E-state index contributed by atoms with van der Waals surface area (Å²) in [5.41, 5.74) is 1.56. The van der Waals surface area contributed by atoms with Crippen LogP contribution in [-0.2, 0) is 17.7 Å². The number of carbonyl (C=O) groups excluding carboxylic acids is 1. The van der Waals surface area contributed by atoms with Crippen molar-refractivity contribution >= 4 is 35.9 Å². The first-order valence-corrected chi connectivity index (χ1v) is 8.33. The van der Waals surface area contributed by atoms with Crippen LogP contribution in [0.1, 0.15) is 27.4 Å². The molecule has 0 spiro atoms. The van der Waals surface area contributed by atoms with Crippen LogP contribution >= 0.6 is 24.0 Å². The number of furan rings is 1. The Balaban J connectivity index is 0.00000364. The van der Waals surface area contributed by atoms with Crippen LogP contribution in [0, 0.1) is 6.92 Å². The number of para-hydroxylation sites is 1. The van der Waals surface area contributed by atoms with Gasteiger partial charge in [0.15, 0.2) is 5.96 Å². The predicted molar refractivity (Wildman–Crippen MR) is 115 cm³/mol. The summed E-state index contributed by atoms with van der Waals surface area (Å²) in [5, 5.41) is 6.40. The Morgan fingerprint density at radius 3 is 2.63 bits per heavy atom. The molecule has 2 N–H and O–H groups in total. The second-order valence-corrected chi connectivity index (χ2v) is 5.59. The van der Waals surface area contributed by atoms with Gasteiger partial charge in [0.05, 0.1) is 20.8 Å². The maximum Gasteiger partial charge on any atom is 0.341 e. The molecule has 0 bridgehead atoms. The lowest BCUT2D eigenvalue weighted by atomic mass is 10.1. The van der Waals surface area contributed by atoms with E-state index in [0.717, 1.165) is 17.7 Å². The van der Waals surface area contributed by atoms with Crippen LogP contribution in [0.4, 0.5) is 0 Å². The zero-order chi connectivity index (χ0) is 18.9. The van der Waals surface area contributed by atoms with Gasteiger partial charge in [-0.1, -0.05) is 18.2 Å². The molecule has 27 heavy (non-hydrogen) atoms. The lowest BCUT2D eigenvalue weighted by Crippen LogP contribution is -2.37. The number of ether oxygens (including phenoxy) is 2. The van der Waals surface area contributed by atoms with Crippen molar-refractivity contribution in [2.45, 2.75) is 19.9 Å². The van der Waals surface area contributed by atoms with Gasteiger partial charge < -0.3 is 24.5 Å². The van der Waals surface area contributed by atoms with E-state index >= 15 is 0 Å². The number of carbonyl (C=O) groups is 1. The highest BCUT2D eigenvalue weighted by atomic mass is 127. The van der Waals surface area contributed by atoms with E-state index in [1.165, 1.54) is 7.11 Å². The molecule has 1 heterocycles. The molecular weight excluding hydrogens is 461 g/mol. The van der Waals surface area contributed by atoms with Crippen LogP contribution in [0.5, 0.6) is 5.75 Å². The van der Waals surface area contributed by atoms with Gasteiger partial charge in [0.2, 0.25) is 0 Å². The van der Waals surface area contributed by atoms with E-state index in [1.54, 1.807) is 27.1 Å². The Hall–Kier alpha value is -2.23. The van der Waals surface area contributed by atoms with Crippen molar-refractivity contribution in [3.05, 3.63) is 53.0 Å². The molecule has 1 aromatic carbocycles. The highest BCUT2D eigenvalue weighted by Gasteiger charge is 2.15. The van der Waals surface area contributed by atoms with Gasteiger partial charge in [0, 0.05) is 13.6 Å². The van der Waals surface area contributed by atoms with Gasteiger partial charge in [0.25, 0.3) is 0 Å². The monoisotopic (exact) mass is 487 g/mol. The summed E-state index contributed by atoms with van der Waals surface area (Å²) in [7, 11) is 4.71. The van der Waals surface area contributed by atoms with Crippen molar-refractivity contribution in [3.63, 3.8) is 0 Å². The van der Waals surface area contributed by atoms with Gasteiger partial charge in [-0.05, 0) is 31.0 Å². The van der Waals surface area contributed by atoms with Gasteiger partial charge in [-0.2, -0.15) is 0 Å². The van der Waals surface area contributed by atoms with Gasteiger partial charge in [-0.3, -0.25) is 4.99 Å². The van der Waals surface area contributed by atoms with E-state index in [1.807, 2.05) is 24.3 Å². The van der Waals surface area contributed by atoms with Gasteiger partial charge >= 0.3 is 5.97 Å². The Morgan fingerprint density at radius 1 is 1.22 bits per heavy atom. The number of benzene rings is 1. The van der Waals surface area contributed by atoms with Crippen LogP contribution in [0.15, 0.2) is 39.7 Å². The number of methoxy groups -OCH3 is 2. The van der Waals surface area contributed by atoms with Crippen molar-refractivity contribution in [2.75, 3.05) is 27.8 Å². The lowest BCUT2D eigenvalue weighted by molar-refractivity contribution is 0.0599. The highest BCUT2D eigenvalue weighted by molar-refractivity contribution is 14.0.